The van der Waals surface area contributed by atoms with Crippen LogP contribution in [0.4, 0.5) is 11.4 Å². The molecule has 0 radical (unpaired) electrons. The quantitative estimate of drug-likeness (QED) is 0.900. The lowest BCUT2D eigenvalue weighted by molar-refractivity contribution is -0.117. The van der Waals surface area contributed by atoms with E-state index in [1.165, 1.54) is 0 Å². The molecule has 2 rings (SSSR count). The second-order valence-corrected chi connectivity index (χ2v) is 5.79. The van der Waals surface area contributed by atoms with Gasteiger partial charge >= 0.3 is 0 Å². The van der Waals surface area contributed by atoms with E-state index in [0.29, 0.717) is 12.8 Å². The van der Waals surface area contributed by atoms with Crippen LogP contribution in [0.3, 0.4) is 0 Å². The first-order chi connectivity index (χ1) is 8.86. The molecule has 1 aromatic carbocycles. The van der Waals surface area contributed by atoms with E-state index in [2.05, 4.69) is 24.8 Å². The maximum Gasteiger partial charge on any atom is 0.231 e. The predicted octanol–water partition coefficient (Wildman–Crippen LogP) is 1.80. The van der Waals surface area contributed by atoms with Crippen molar-refractivity contribution in [2.45, 2.75) is 32.2 Å². The first-order valence-electron chi connectivity index (χ1n) is 6.61. The fourth-order valence-electron chi connectivity index (χ4n) is 2.46. The lowest BCUT2D eigenvalue weighted by atomic mass is 9.98. The van der Waals surface area contributed by atoms with Crippen LogP contribution in [0.2, 0.25) is 0 Å². The van der Waals surface area contributed by atoms with Crippen molar-refractivity contribution >= 4 is 17.3 Å². The summed E-state index contributed by atoms with van der Waals surface area (Å²) < 4.78 is 0. The van der Waals surface area contributed by atoms with Gasteiger partial charge in [-0.05, 0) is 44.0 Å². The van der Waals surface area contributed by atoms with E-state index in [0.717, 1.165) is 16.9 Å². The molecule has 1 aliphatic rings. The zero-order chi connectivity index (χ0) is 14.2. The van der Waals surface area contributed by atoms with Gasteiger partial charge in [-0.3, -0.25) is 4.79 Å². The Labute approximate surface area is 114 Å². The summed E-state index contributed by atoms with van der Waals surface area (Å²) in [5.41, 5.74) is 3.05. The lowest BCUT2D eigenvalue weighted by Gasteiger charge is -2.37. The van der Waals surface area contributed by atoms with Gasteiger partial charge in [0, 0.05) is 37.6 Å². The highest BCUT2D eigenvalue weighted by Crippen LogP contribution is 2.33. The largest absolute Gasteiger partial charge is 0.396 e. The average Bonchev–Trinajstić information content (AvgIpc) is 2.63. The molecule has 1 N–H and O–H groups in total. The van der Waals surface area contributed by atoms with Crippen molar-refractivity contribution in [1.82, 2.24) is 0 Å². The summed E-state index contributed by atoms with van der Waals surface area (Å²) in [6.45, 7) is 4.38. The lowest BCUT2D eigenvalue weighted by Crippen LogP contribution is -2.42. The van der Waals surface area contributed by atoms with Gasteiger partial charge in [0.25, 0.3) is 0 Å². The van der Waals surface area contributed by atoms with E-state index >= 15 is 0 Å². The van der Waals surface area contributed by atoms with E-state index in [9.17, 15) is 4.79 Å². The van der Waals surface area contributed by atoms with Crippen molar-refractivity contribution in [3.63, 3.8) is 0 Å². The number of amides is 1. The second kappa shape index (κ2) is 4.85. The Morgan fingerprint density at radius 2 is 2.11 bits per heavy atom. The molecule has 0 saturated heterocycles. The topological polar surface area (TPSA) is 43.8 Å². The van der Waals surface area contributed by atoms with Crippen LogP contribution in [0.5, 0.6) is 0 Å². The molecule has 1 aromatic rings. The molecule has 4 heteroatoms. The molecule has 19 heavy (non-hydrogen) atoms. The minimum Gasteiger partial charge on any atom is -0.396 e. The minimum atomic E-state index is -0.114. The van der Waals surface area contributed by atoms with Crippen molar-refractivity contribution in [2.75, 3.05) is 30.5 Å². The summed E-state index contributed by atoms with van der Waals surface area (Å²) in [6.07, 6.45) is 1.19. The van der Waals surface area contributed by atoms with Crippen LogP contribution in [-0.4, -0.2) is 37.3 Å². The molecule has 0 atom stereocenters. The summed E-state index contributed by atoms with van der Waals surface area (Å²) in [6, 6.07) is 6.12. The molecule has 0 fully saturated rings. The Morgan fingerprint density at radius 1 is 1.42 bits per heavy atom. The van der Waals surface area contributed by atoms with Crippen LogP contribution < -0.4 is 9.80 Å². The SMILES string of the molecule is CN1C(=O)Cc2cc(N(C)C(C)(C)CCO)ccc21. The Kier molecular flexibility index (Phi) is 3.54. The van der Waals surface area contributed by atoms with Gasteiger partial charge in [0.1, 0.15) is 0 Å². The molecule has 0 aromatic heterocycles. The number of aliphatic hydroxyl groups is 1. The maximum atomic E-state index is 11.7. The molecule has 0 spiro atoms. The van der Waals surface area contributed by atoms with Crippen LogP contribution in [-0.2, 0) is 11.2 Å². The number of hydrogen-bond acceptors (Lipinski definition) is 3. The first-order valence-corrected chi connectivity index (χ1v) is 6.61. The van der Waals surface area contributed by atoms with E-state index in [1.807, 2.05) is 26.2 Å². The number of carbonyl (C=O) groups is 1. The summed E-state index contributed by atoms with van der Waals surface area (Å²) in [5.74, 6) is 0.143. The van der Waals surface area contributed by atoms with Crippen LogP contribution in [0.15, 0.2) is 18.2 Å². The molecule has 4 nitrogen and oxygen atoms in total. The first kappa shape index (κ1) is 13.9. The zero-order valence-electron chi connectivity index (χ0n) is 12.1. The highest BCUT2D eigenvalue weighted by Gasteiger charge is 2.27. The highest BCUT2D eigenvalue weighted by atomic mass is 16.3. The van der Waals surface area contributed by atoms with Crippen LogP contribution in [0, 0.1) is 0 Å². The summed E-state index contributed by atoms with van der Waals surface area (Å²) in [5, 5.41) is 9.14. The average molecular weight is 262 g/mol. The van der Waals surface area contributed by atoms with Crippen LogP contribution in [0.1, 0.15) is 25.8 Å². The van der Waals surface area contributed by atoms with Gasteiger partial charge in [-0.15, -0.1) is 0 Å². The summed E-state index contributed by atoms with van der Waals surface area (Å²) in [4.78, 5) is 15.6. The monoisotopic (exact) mass is 262 g/mol. The Bertz CT molecular complexity index is 497. The zero-order valence-corrected chi connectivity index (χ0v) is 12.1. The molecule has 0 saturated carbocycles. The Morgan fingerprint density at radius 3 is 2.74 bits per heavy atom. The van der Waals surface area contributed by atoms with Crippen molar-refractivity contribution in [1.29, 1.82) is 0 Å². The molecular weight excluding hydrogens is 240 g/mol. The number of carbonyl (C=O) groups excluding carboxylic acids is 1. The molecule has 0 bridgehead atoms. The molecule has 1 aliphatic heterocycles. The van der Waals surface area contributed by atoms with E-state index < -0.39 is 0 Å². The molecule has 0 aliphatic carbocycles. The summed E-state index contributed by atoms with van der Waals surface area (Å²) in [7, 11) is 3.84. The number of rotatable bonds is 4. The predicted molar refractivity (Wildman–Crippen MR) is 77.7 cm³/mol. The van der Waals surface area contributed by atoms with Crippen molar-refractivity contribution < 1.29 is 9.90 Å². The van der Waals surface area contributed by atoms with Gasteiger partial charge in [-0.1, -0.05) is 0 Å². The second-order valence-electron chi connectivity index (χ2n) is 5.79. The van der Waals surface area contributed by atoms with E-state index in [-0.39, 0.29) is 18.1 Å². The van der Waals surface area contributed by atoms with Gasteiger partial charge in [0.15, 0.2) is 0 Å². The number of likely N-dealkylation sites (N-methyl/N-ethyl adjacent to an activating group) is 1. The maximum absolute atomic E-state index is 11.7. The molecule has 1 amide bonds. The third-order valence-corrected chi connectivity index (χ3v) is 4.16. The third-order valence-electron chi connectivity index (χ3n) is 4.16. The smallest absolute Gasteiger partial charge is 0.231 e. The molecular formula is C15H22N2O2. The van der Waals surface area contributed by atoms with E-state index in [1.54, 1.807) is 4.90 Å². The van der Waals surface area contributed by atoms with Gasteiger partial charge in [-0.25, -0.2) is 0 Å². The van der Waals surface area contributed by atoms with Crippen LogP contribution >= 0.6 is 0 Å². The van der Waals surface area contributed by atoms with Gasteiger partial charge < -0.3 is 14.9 Å². The molecule has 104 valence electrons. The number of aliphatic hydroxyl groups excluding tert-OH is 1. The number of hydrogen-bond donors (Lipinski definition) is 1. The minimum absolute atomic E-state index is 0.114. The number of nitrogens with zero attached hydrogens (tertiary/aromatic N) is 2. The van der Waals surface area contributed by atoms with Crippen LogP contribution in [0.25, 0.3) is 0 Å². The molecule has 0 unspecified atom stereocenters. The van der Waals surface area contributed by atoms with Gasteiger partial charge in [0.2, 0.25) is 5.91 Å². The normalized spacial score (nSPS) is 14.8. The number of anilines is 2. The van der Waals surface area contributed by atoms with E-state index in [4.69, 9.17) is 5.11 Å². The standard InChI is InChI=1S/C15H22N2O2/c1-15(2,7-8-18)17(4)12-5-6-13-11(9-12)10-14(19)16(13)3/h5-6,9,18H,7-8,10H2,1-4H3. The summed E-state index contributed by atoms with van der Waals surface area (Å²) >= 11 is 0. The van der Waals surface area contributed by atoms with Gasteiger partial charge in [-0.2, -0.15) is 0 Å². The fourth-order valence-corrected chi connectivity index (χ4v) is 2.46. The third kappa shape index (κ3) is 2.45. The van der Waals surface area contributed by atoms with Gasteiger partial charge in [0.05, 0.1) is 6.42 Å². The molecule has 1 heterocycles. The van der Waals surface area contributed by atoms with Crippen molar-refractivity contribution in [3.05, 3.63) is 23.8 Å². The Hall–Kier alpha value is -1.55. The number of fused-ring (bicyclic) bond motifs is 1. The number of benzene rings is 1. The highest BCUT2D eigenvalue weighted by molar-refractivity contribution is 6.01. The van der Waals surface area contributed by atoms with Crippen molar-refractivity contribution in [2.24, 2.45) is 0 Å². The fraction of sp³-hybridized carbons (Fsp3) is 0.533. The Balaban J connectivity index is 2.29. The van der Waals surface area contributed by atoms with Crippen molar-refractivity contribution in [3.8, 4) is 0 Å².